The van der Waals surface area contributed by atoms with Crippen LogP contribution < -0.4 is 14.9 Å². The van der Waals surface area contributed by atoms with Crippen LogP contribution in [0.25, 0.3) is 0 Å². The Labute approximate surface area is 136 Å². The lowest BCUT2D eigenvalue weighted by molar-refractivity contribution is -0.768. The van der Waals surface area contributed by atoms with Crippen molar-refractivity contribution in [3.8, 4) is 0 Å². The van der Waals surface area contributed by atoms with Gasteiger partial charge in [0.05, 0.1) is 37.9 Å². The van der Waals surface area contributed by atoms with Crippen molar-refractivity contribution < 1.29 is 28.6 Å². The molecule has 2 fully saturated rings. The van der Waals surface area contributed by atoms with E-state index >= 15 is 0 Å². The quantitative estimate of drug-likeness (QED) is 0.742. The van der Waals surface area contributed by atoms with Gasteiger partial charge in [0.2, 0.25) is 0 Å². The number of rotatable bonds is 4. The molecule has 3 rings (SSSR count). The highest BCUT2D eigenvalue weighted by Crippen LogP contribution is 2.29. The summed E-state index contributed by atoms with van der Waals surface area (Å²) in [6.45, 7) is 1.40. The number of halogens is 1. The van der Waals surface area contributed by atoms with Crippen LogP contribution in [0.4, 0.5) is 20.6 Å². The number of ketones is 1. The van der Waals surface area contributed by atoms with Crippen molar-refractivity contribution in [2.45, 2.75) is 13.0 Å². The molecule has 2 saturated heterocycles. The maximum Gasteiger partial charge on any atom is 0.414 e. The van der Waals surface area contributed by atoms with Gasteiger partial charge in [-0.05, 0) is 18.2 Å². The van der Waals surface area contributed by atoms with Gasteiger partial charge in [-0.15, -0.1) is 0 Å². The Hall–Kier alpha value is -2.52. The number of hydroxylamine groups is 2. The lowest BCUT2D eigenvalue weighted by atomic mass is 10.1. The molecule has 1 aromatic carbocycles. The molecular weight excluding hydrogens is 321 g/mol. The molecule has 9 heteroatoms. The van der Waals surface area contributed by atoms with Crippen LogP contribution in [0.1, 0.15) is 6.92 Å². The molecular formula is C15H16FN3O5. The number of hydrogen-bond acceptors (Lipinski definition) is 6. The summed E-state index contributed by atoms with van der Waals surface area (Å²) in [5, 5.41) is 10.8. The third-order valence-corrected chi connectivity index (χ3v) is 4.00. The molecule has 0 aromatic heterocycles. The molecule has 0 bridgehead atoms. The molecule has 0 saturated carbocycles. The first-order valence-electron chi connectivity index (χ1n) is 7.43. The highest BCUT2D eigenvalue weighted by Gasteiger charge is 2.35. The van der Waals surface area contributed by atoms with Crippen molar-refractivity contribution in [1.29, 1.82) is 0 Å². The molecule has 2 atom stereocenters. The Morgan fingerprint density at radius 1 is 1.42 bits per heavy atom. The van der Waals surface area contributed by atoms with Crippen molar-refractivity contribution in [1.82, 2.24) is 0 Å². The first kappa shape index (κ1) is 16.3. The van der Waals surface area contributed by atoms with E-state index in [1.165, 1.54) is 17.0 Å². The van der Waals surface area contributed by atoms with Gasteiger partial charge in [-0.25, -0.2) is 14.0 Å². The monoisotopic (exact) mass is 337 g/mol. The van der Waals surface area contributed by atoms with Gasteiger partial charge in [0.1, 0.15) is 12.4 Å². The number of Topliss-reactive ketones (excluding diaryl/α,β-unsaturated/α-hetero) is 1. The van der Waals surface area contributed by atoms with Gasteiger partial charge in [-0.1, -0.05) is 0 Å². The lowest BCUT2D eigenvalue weighted by Crippen LogP contribution is -3.10. The minimum absolute atomic E-state index is 0.0413. The second-order valence-corrected chi connectivity index (χ2v) is 5.83. The average molecular weight is 337 g/mol. The Balaban J connectivity index is 1.70. The molecule has 2 heterocycles. The number of nitrogens with one attached hydrogen (secondary N) is 1. The number of quaternary nitrogens is 1. The number of carbonyl (C=O) groups excluding carboxylic acids is 3. The zero-order valence-corrected chi connectivity index (χ0v) is 13.0. The van der Waals surface area contributed by atoms with E-state index in [0.29, 0.717) is 11.4 Å². The first-order chi connectivity index (χ1) is 11.3. The summed E-state index contributed by atoms with van der Waals surface area (Å²) in [5.41, 5.74) is 0.597. The number of cyclic esters (lactones) is 1. The fourth-order valence-corrected chi connectivity index (χ4v) is 2.66. The van der Waals surface area contributed by atoms with E-state index in [0.717, 1.165) is 6.92 Å². The van der Waals surface area contributed by atoms with Crippen LogP contribution >= 0.6 is 0 Å². The summed E-state index contributed by atoms with van der Waals surface area (Å²) in [5.74, 6) is -1.10. The molecule has 24 heavy (non-hydrogen) atoms. The van der Waals surface area contributed by atoms with Gasteiger partial charge in [0, 0.05) is 0 Å². The Morgan fingerprint density at radius 2 is 2.12 bits per heavy atom. The smallest absolute Gasteiger partial charge is 0.414 e. The van der Waals surface area contributed by atoms with Crippen LogP contribution in [0, 0.1) is 11.0 Å². The summed E-state index contributed by atoms with van der Waals surface area (Å²) in [7, 11) is 0. The van der Waals surface area contributed by atoms with E-state index in [-0.39, 0.29) is 32.0 Å². The molecule has 8 nitrogen and oxygen atoms in total. The van der Waals surface area contributed by atoms with E-state index < -0.39 is 29.0 Å². The molecule has 2 amide bonds. The van der Waals surface area contributed by atoms with Crippen molar-refractivity contribution in [3.63, 3.8) is 0 Å². The Morgan fingerprint density at radius 3 is 2.71 bits per heavy atom. The van der Waals surface area contributed by atoms with E-state index in [2.05, 4.69) is 0 Å². The average Bonchev–Trinajstić information content (AvgIpc) is 2.84. The van der Waals surface area contributed by atoms with Gasteiger partial charge < -0.3 is 19.9 Å². The highest BCUT2D eigenvalue weighted by atomic mass is 19.1. The van der Waals surface area contributed by atoms with E-state index in [4.69, 9.17) is 4.74 Å². The van der Waals surface area contributed by atoms with Crippen LogP contribution in [0.2, 0.25) is 0 Å². The molecule has 1 unspecified atom stereocenters. The third-order valence-electron chi connectivity index (χ3n) is 4.00. The number of ether oxygens (including phenoxy) is 1. The molecule has 1 aromatic rings. The molecule has 0 aliphatic carbocycles. The summed E-state index contributed by atoms with van der Waals surface area (Å²) in [6, 6.07) is 4.24. The second-order valence-electron chi connectivity index (χ2n) is 5.83. The first-order valence-corrected chi connectivity index (χ1v) is 7.43. The van der Waals surface area contributed by atoms with Gasteiger partial charge in [0.25, 0.3) is 0 Å². The topological polar surface area (TPSA) is 94.4 Å². The number of anilines is 2. The molecule has 0 radical (unpaired) electrons. The summed E-state index contributed by atoms with van der Waals surface area (Å²) in [4.78, 5) is 36.7. The number of carbonyl (C=O) groups is 3. The lowest BCUT2D eigenvalue weighted by Gasteiger charge is -2.32. The molecule has 0 spiro atoms. The van der Waals surface area contributed by atoms with Crippen LogP contribution in [0.15, 0.2) is 18.2 Å². The van der Waals surface area contributed by atoms with Crippen LogP contribution in [-0.2, 0) is 14.3 Å². The largest absolute Gasteiger partial charge is 0.627 e. The van der Waals surface area contributed by atoms with E-state index in [1.807, 2.05) is 0 Å². The normalized spacial score (nSPS) is 21.5. The SMILES string of the molecule is CC(=O)[NH+]([O-])C[C@@H]1CN(c2ccc(N3CC(=O)C3)c(F)c2)C(=O)O1. The van der Waals surface area contributed by atoms with Gasteiger partial charge in [-0.2, -0.15) is 0 Å². The number of nitrogens with zero attached hydrogens (tertiary/aromatic N) is 2. The van der Waals surface area contributed by atoms with Gasteiger partial charge in [0.15, 0.2) is 11.9 Å². The molecule has 1 N–H and O–H groups in total. The zero-order chi connectivity index (χ0) is 17.4. The molecule has 128 valence electrons. The van der Waals surface area contributed by atoms with Crippen molar-refractivity contribution in [2.24, 2.45) is 0 Å². The minimum Gasteiger partial charge on any atom is -0.627 e. The number of amides is 2. The number of benzene rings is 1. The van der Waals surface area contributed by atoms with Gasteiger partial charge in [-0.3, -0.25) is 9.69 Å². The summed E-state index contributed by atoms with van der Waals surface area (Å²) in [6.07, 6.45) is -1.42. The zero-order valence-electron chi connectivity index (χ0n) is 13.0. The highest BCUT2D eigenvalue weighted by molar-refractivity contribution is 5.96. The predicted molar refractivity (Wildman–Crippen MR) is 81.1 cm³/mol. The van der Waals surface area contributed by atoms with E-state index in [1.54, 1.807) is 11.0 Å². The predicted octanol–water partition coefficient (Wildman–Crippen LogP) is -0.531. The summed E-state index contributed by atoms with van der Waals surface area (Å²) < 4.78 is 19.3. The van der Waals surface area contributed by atoms with Gasteiger partial charge >= 0.3 is 12.0 Å². The fraction of sp³-hybridized carbons (Fsp3) is 0.400. The van der Waals surface area contributed by atoms with Crippen molar-refractivity contribution >= 4 is 29.2 Å². The van der Waals surface area contributed by atoms with Crippen LogP contribution in [0.5, 0.6) is 0 Å². The summed E-state index contributed by atoms with van der Waals surface area (Å²) >= 11 is 0. The van der Waals surface area contributed by atoms with Crippen molar-refractivity contribution in [2.75, 3.05) is 36.0 Å². The van der Waals surface area contributed by atoms with Crippen molar-refractivity contribution in [3.05, 3.63) is 29.2 Å². The minimum atomic E-state index is -0.732. The maximum atomic E-state index is 14.2. The fourth-order valence-electron chi connectivity index (χ4n) is 2.66. The standard InChI is InChI=1S/C15H16FN3O5/c1-9(20)19(23)8-12-7-18(15(22)24-12)10-2-3-14(13(16)4-10)17-5-11(21)6-17/h2-4,12,19H,5-8H2,1H3/t12-/m0/s1. The third kappa shape index (κ3) is 3.08. The Bertz CT molecular complexity index is 702. The van der Waals surface area contributed by atoms with E-state index in [9.17, 15) is 24.0 Å². The Kier molecular flexibility index (Phi) is 4.20. The maximum absolute atomic E-state index is 14.2. The molecule has 2 aliphatic rings. The van der Waals surface area contributed by atoms with Crippen LogP contribution in [-0.4, -0.2) is 50.1 Å². The van der Waals surface area contributed by atoms with Crippen LogP contribution in [0.3, 0.4) is 0 Å². The number of hydrogen-bond donors (Lipinski definition) is 1. The second kappa shape index (κ2) is 6.17. The molecule has 2 aliphatic heterocycles.